The quantitative estimate of drug-likeness (QED) is 0.837. The molecule has 4 heteroatoms. The molecule has 0 aromatic carbocycles. The van der Waals surface area contributed by atoms with Crippen LogP contribution in [0.5, 0.6) is 0 Å². The second kappa shape index (κ2) is 4.35. The van der Waals surface area contributed by atoms with E-state index in [2.05, 4.69) is 15.6 Å². The maximum Gasteiger partial charge on any atom is 0.0468 e. The minimum absolute atomic E-state index is 0.684. The number of rotatable bonds is 3. The van der Waals surface area contributed by atoms with Crippen LogP contribution < -0.4 is 11.1 Å². The van der Waals surface area contributed by atoms with Crippen molar-refractivity contribution in [1.82, 2.24) is 10.2 Å². The molecular weight excluding hydrogens is 218 g/mol. The van der Waals surface area contributed by atoms with Crippen molar-refractivity contribution in [3.63, 3.8) is 0 Å². The smallest absolute Gasteiger partial charge is 0.0468 e. The summed E-state index contributed by atoms with van der Waals surface area (Å²) >= 11 is 1.76. The van der Waals surface area contributed by atoms with Gasteiger partial charge < -0.3 is 16.0 Å². The molecule has 3 saturated heterocycles. The fourth-order valence-corrected chi connectivity index (χ4v) is 3.66. The van der Waals surface area contributed by atoms with Gasteiger partial charge in [0, 0.05) is 29.7 Å². The van der Waals surface area contributed by atoms with Gasteiger partial charge in [-0.05, 0) is 43.3 Å². The zero-order valence-electron chi connectivity index (χ0n) is 9.48. The van der Waals surface area contributed by atoms with Gasteiger partial charge in [-0.15, -0.1) is 11.3 Å². The third kappa shape index (κ3) is 1.97. The standard InChI is InChI=1S/C12H19N3S/c13-10-3-6-16-12(10)7-14-11-8-15-4-1-9(11)2-5-15/h3,6,9,11,14H,1-2,4-5,7-8,13H2. The van der Waals surface area contributed by atoms with E-state index in [1.807, 2.05) is 6.07 Å². The summed E-state index contributed by atoms with van der Waals surface area (Å²) in [6.45, 7) is 4.79. The molecule has 88 valence electrons. The minimum Gasteiger partial charge on any atom is -0.398 e. The third-order valence-corrected chi connectivity index (χ3v) is 4.90. The number of nitrogen functional groups attached to an aromatic ring is 1. The van der Waals surface area contributed by atoms with E-state index in [4.69, 9.17) is 5.73 Å². The van der Waals surface area contributed by atoms with E-state index in [1.54, 1.807) is 11.3 Å². The highest BCUT2D eigenvalue weighted by Gasteiger charge is 2.33. The van der Waals surface area contributed by atoms with Gasteiger partial charge in [-0.2, -0.15) is 0 Å². The molecule has 0 amide bonds. The van der Waals surface area contributed by atoms with Crippen molar-refractivity contribution in [2.24, 2.45) is 5.92 Å². The molecule has 1 atom stereocenters. The number of hydrogen-bond donors (Lipinski definition) is 2. The lowest BCUT2D eigenvalue weighted by Crippen LogP contribution is -2.55. The van der Waals surface area contributed by atoms with Gasteiger partial charge >= 0.3 is 0 Å². The van der Waals surface area contributed by atoms with Crippen LogP contribution in [-0.4, -0.2) is 30.6 Å². The number of piperidine rings is 3. The van der Waals surface area contributed by atoms with E-state index >= 15 is 0 Å². The molecule has 4 heterocycles. The van der Waals surface area contributed by atoms with Crippen LogP contribution in [0, 0.1) is 5.92 Å². The Labute approximate surface area is 101 Å². The second-order valence-corrected chi connectivity index (χ2v) is 5.93. The first kappa shape index (κ1) is 10.6. The summed E-state index contributed by atoms with van der Waals surface area (Å²) in [5.74, 6) is 0.895. The minimum atomic E-state index is 0.684. The Morgan fingerprint density at radius 3 is 2.81 bits per heavy atom. The second-order valence-electron chi connectivity index (χ2n) is 4.92. The van der Waals surface area contributed by atoms with Crippen LogP contribution in [-0.2, 0) is 6.54 Å². The normalized spacial score (nSPS) is 33.1. The Bertz CT molecular complexity index is 355. The predicted molar refractivity (Wildman–Crippen MR) is 68.5 cm³/mol. The number of anilines is 1. The summed E-state index contributed by atoms with van der Waals surface area (Å²) in [4.78, 5) is 3.87. The number of hydrogen-bond acceptors (Lipinski definition) is 4. The van der Waals surface area contributed by atoms with E-state index in [1.165, 1.54) is 37.4 Å². The van der Waals surface area contributed by atoms with Gasteiger partial charge in [-0.25, -0.2) is 0 Å². The molecule has 4 rings (SSSR count). The Kier molecular flexibility index (Phi) is 2.88. The molecule has 3 nitrogen and oxygen atoms in total. The van der Waals surface area contributed by atoms with Crippen LogP contribution in [0.4, 0.5) is 5.69 Å². The maximum atomic E-state index is 5.89. The van der Waals surface area contributed by atoms with Crippen molar-refractivity contribution in [1.29, 1.82) is 0 Å². The van der Waals surface area contributed by atoms with Gasteiger partial charge in [-0.3, -0.25) is 0 Å². The van der Waals surface area contributed by atoms with E-state index in [0.717, 1.165) is 18.2 Å². The molecule has 1 aromatic rings. The zero-order chi connectivity index (χ0) is 11.0. The third-order valence-electron chi connectivity index (χ3n) is 3.96. The number of fused-ring (bicyclic) bond motifs is 3. The molecule has 2 bridgehead atoms. The van der Waals surface area contributed by atoms with E-state index in [0.29, 0.717) is 6.04 Å². The lowest BCUT2D eigenvalue weighted by molar-refractivity contribution is 0.0721. The molecule has 16 heavy (non-hydrogen) atoms. The van der Waals surface area contributed by atoms with Crippen molar-refractivity contribution in [3.8, 4) is 0 Å². The first-order valence-corrected chi connectivity index (χ1v) is 6.98. The molecule has 0 radical (unpaired) electrons. The van der Waals surface area contributed by atoms with Gasteiger partial charge in [0.25, 0.3) is 0 Å². The van der Waals surface area contributed by atoms with Crippen LogP contribution in [0.25, 0.3) is 0 Å². The van der Waals surface area contributed by atoms with Gasteiger partial charge in [0.15, 0.2) is 0 Å². The van der Waals surface area contributed by atoms with Crippen LogP contribution in [0.3, 0.4) is 0 Å². The van der Waals surface area contributed by atoms with Gasteiger partial charge in [0.05, 0.1) is 0 Å². The van der Waals surface area contributed by atoms with E-state index in [-0.39, 0.29) is 0 Å². The fraction of sp³-hybridized carbons (Fsp3) is 0.667. The summed E-state index contributed by atoms with van der Waals surface area (Å²) in [6, 6.07) is 2.68. The molecular formula is C12H19N3S. The van der Waals surface area contributed by atoms with Crippen molar-refractivity contribution < 1.29 is 0 Å². The lowest BCUT2D eigenvalue weighted by Gasteiger charge is -2.45. The first-order chi connectivity index (χ1) is 7.83. The fourth-order valence-electron chi connectivity index (χ4n) is 2.91. The zero-order valence-corrected chi connectivity index (χ0v) is 10.3. The monoisotopic (exact) mass is 237 g/mol. The summed E-state index contributed by atoms with van der Waals surface area (Å²) in [7, 11) is 0. The molecule has 0 spiro atoms. The first-order valence-electron chi connectivity index (χ1n) is 6.10. The molecule has 3 fully saturated rings. The Morgan fingerprint density at radius 1 is 1.44 bits per heavy atom. The summed E-state index contributed by atoms with van der Waals surface area (Å²) in [5, 5.41) is 5.76. The number of nitrogens with zero attached hydrogens (tertiary/aromatic N) is 1. The molecule has 0 aliphatic carbocycles. The lowest BCUT2D eigenvalue weighted by atomic mass is 9.84. The molecule has 3 aliphatic rings. The maximum absolute atomic E-state index is 5.89. The van der Waals surface area contributed by atoms with Crippen LogP contribution in [0.15, 0.2) is 11.4 Å². The van der Waals surface area contributed by atoms with Crippen LogP contribution in [0.2, 0.25) is 0 Å². The van der Waals surface area contributed by atoms with Gasteiger partial charge in [0.1, 0.15) is 0 Å². The summed E-state index contributed by atoms with van der Waals surface area (Å²) in [5.41, 5.74) is 6.84. The van der Waals surface area contributed by atoms with E-state index in [9.17, 15) is 0 Å². The predicted octanol–water partition coefficient (Wildman–Crippen LogP) is 1.51. The van der Waals surface area contributed by atoms with Gasteiger partial charge in [0.2, 0.25) is 0 Å². The molecule has 1 unspecified atom stereocenters. The Balaban J connectivity index is 1.58. The molecule has 3 aliphatic heterocycles. The van der Waals surface area contributed by atoms with Crippen LogP contribution in [0.1, 0.15) is 17.7 Å². The highest BCUT2D eigenvalue weighted by Crippen LogP contribution is 2.28. The van der Waals surface area contributed by atoms with Crippen molar-refractivity contribution >= 4 is 17.0 Å². The van der Waals surface area contributed by atoms with Crippen molar-refractivity contribution in [3.05, 3.63) is 16.3 Å². The highest BCUT2D eigenvalue weighted by atomic mass is 32.1. The Morgan fingerprint density at radius 2 is 2.25 bits per heavy atom. The van der Waals surface area contributed by atoms with Crippen molar-refractivity contribution in [2.75, 3.05) is 25.4 Å². The largest absolute Gasteiger partial charge is 0.398 e. The highest BCUT2D eigenvalue weighted by molar-refractivity contribution is 7.10. The summed E-state index contributed by atoms with van der Waals surface area (Å²) in [6.07, 6.45) is 2.75. The SMILES string of the molecule is Nc1ccsc1CNC1CN2CCC1CC2. The molecule has 0 saturated carbocycles. The Hall–Kier alpha value is -0.580. The number of thiophene rings is 1. The summed E-state index contributed by atoms with van der Waals surface area (Å²) < 4.78 is 0. The molecule has 3 N–H and O–H groups in total. The van der Waals surface area contributed by atoms with E-state index < -0.39 is 0 Å². The average Bonchev–Trinajstić information content (AvgIpc) is 2.74. The average molecular weight is 237 g/mol. The number of nitrogens with one attached hydrogen (secondary N) is 1. The molecule has 1 aromatic heterocycles. The van der Waals surface area contributed by atoms with Crippen molar-refractivity contribution in [2.45, 2.75) is 25.4 Å². The van der Waals surface area contributed by atoms with Crippen LogP contribution >= 0.6 is 11.3 Å². The number of nitrogens with two attached hydrogens (primary N) is 1. The topological polar surface area (TPSA) is 41.3 Å². The van der Waals surface area contributed by atoms with Gasteiger partial charge in [-0.1, -0.05) is 0 Å².